The second-order valence-corrected chi connectivity index (χ2v) is 10.0. The SMILES string of the molecule is CC(C)c1nc(-c2cccc(C(F)(F)F)c2)sc1CSc1ccc2c(ccn2CC(=O)O)c1. The van der Waals surface area contributed by atoms with Gasteiger partial charge in [0, 0.05) is 38.2 Å². The standard InChI is InChI=1S/C24H21F3N2O2S2/c1-14(2)22-20(33-23(28-22)16-4-3-5-17(10-16)24(25,26)27)13-32-18-6-7-19-15(11-18)8-9-29(19)12-21(30)31/h3-11,14H,12-13H2,1-2H3,(H,30,31). The summed E-state index contributed by atoms with van der Waals surface area (Å²) in [5.41, 5.74) is 1.54. The zero-order valence-electron chi connectivity index (χ0n) is 17.9. The monoisotopic (exact) mass is 490 g/mol. The number of halogens is 3. The molecule has 0 aliphatic rings. The number of rotatable bonds is 7. The van der Waals surface area contributed by atoms with Crippen LogP contribution in [-0.4, -0.2) is 20.6 Å². The molecular formula is C24H21F3N2O2S2. The Labute approximate surface area is 197 Å². The lowest BCUT2D eigenvalue weighted by atomic mass is 10.1. The molecule has 0 aliphatic carbocycles. The normalized spacial score (nSPS) is 12.1. The largest absolute Gasteiger partial charge is 0.480 e. The van der Waals surface area contributed by atoms with E-state index in [2.05, 4.69) is 4.98 Å². The van der Waals surface area contributed by atoms with Crippen LogP contribution in [0.5, 0.6) is 0 Å². The maximum absolute atomic E-state index is 13.1. The summed E-state index contributed by atoms with van der Waals surface area (Å²) >= 11 is 3.05. The maximum atomic E-state index is 13.1. The number of hydrogen-bond donors (Lipinski definition) is 1. The smallest absolute Gasteiger partial charge is 0.416 e. The van der Waals surface area contributed by atoms with Crippen LogP contribution in [-0.2, 0) is 23.3 Å². The Morgan fingerprint density at radius 2 is 1.97 bits per heavy atom. The average Bonchev–Trinajstić information content (AvgIpc) is 3.36. The molecule has 2 aromatic carbocycles. The Balaban J connectivity index is 1.57. The molecule has 0 fully saturated rings. The van der Waals surface area contributed by atoms with Crippen LogP contribution in [0.2, 0.25) is 0 Å². The van der Waals surface area contributed by atoms with Crippen LogP contribution in [0.1, 0.15) is 35.9 Å². The van der Waals surface area contributed by atoms with Gasteiger partial charge in [-0.1, -0.05) is 26.0 Å². The van der Waals surface area contributed by atoms with E-state index in [4.69, 9.17) is 5.11 Å². The lowest BCUT2D eigenvalue weighted by Crippen LogP contribution is -2.06. The topological polar surface area (TPSA) is 55.1 Å². The van der Waals surface area contributed by atoms with Crippen LogP contribution in [0, 0.1) is 0 Å². The second-order valence-electron chi connectivity index (χ2n) is 7.91. The molecule has 172 valence electrons. The Kier molecular flexibility index (Phi) is 6.54. The van der Waals surface area contributed by atoms with E-state index >= 15 is 0 Å². The summed E-state index contributed by atoms with van der Waals surface area (Å²) in [6.07, 6.45) is -2.64. The molecule has 0 spiro atoms. The predicted octanol–water partition coefficient (Wildman–Crippen LogP) is 7.28. The first-order chi connectivity index (χ1) is 15.6. The van der Waals surface area contributed by atoms with E-state index in [-0.39, 0.29) is 12.5 Å². The minimum atomic E-state index is -4.39. The number of nitrogens with zero attached hydrogens (tertiary/aromatic N) is 2. The number of thiazole rings is 1. The van der Waals surface area contributed by atoms with Crippen LogP contribution in [0.4, 0.5) is 13.2 Å². The van der Waals surface area contributed by atoms with Crippen molar-refractivity contribution in [3.63, 3.8) is 0 Å². The molecule has 2 heterocycles. The first-order valence-corrected chi connectivity index (χ1v) is 12.0. The number of benzene rings is 2. The summed E-state index contributed by atoms with van der Waals surface area (Å²) in [4.78, 5) is 17.7. The number of fused-ring (bicyclic) bond motifs is 1. The van der Waals surface area contributed by atoms with E-state index in [1.54, 1.807) is 28.6 Å². The fourth-order valence-corrected chi connectivity index (χ4v) is 5.81. The van der Waals surface area contributed by atoms with E-state index < -0.39 is 17.7 Å². The van der Waals surface area contributed by atoms with Gasteiger partial charge in [-0.05, 0) is 42.3 Å². The van der Waals surface area contributed by atoms with Gasteiger partial charge in [0.05, 0.1) is 11.3 Å². The zero-order valence-corrected chi connectivity index (χ0v) is 19.5. The Morgan fingerprint density at radius 3 is 2.67 bits per heavy atom. The molecule has 9 heteroatoms. The molecule has 33 heavy (non-hydrogen) atoms. The first-order valence-electron chi connectivity index (χ1n) is 10.2. The van der Waals surface area contributed by atoms with E-state index in [0.29, 0.717) is 16.3 Å². The predicted molar refractivity (Wildman–Crippen MR) is 126 cm³/mol. The summed E-state index contributed by atoms with van der Waals surface area (Å²) in [6, 6.07) is 13.1. The molecule has 0 bridgehead atoms. The molecule has 4 nitrogen and oxygen atoms in total. The number of aromatic nitrogens is 2. The average molecular weight is 491 g/mol. The van der Waals surface area contributed by atoms with Crippen molar-refractivity contribution in [1.82, 2.24) is 9.55 Å². The van der Waals surface area contributed by atoms with Gasteiger partial charge in [-0.25, -0.2) is 4.98 Å². The van der Waals surface area contributed by atoms with Gasteiger partial charge >= 0.3 is 12.1 Å². The van der Waals surface area contributed by atoms with Gasteiger partial charge in [-0.15, -0.1) is 23.1 Å². The minimum absolute atomic E-state index is 0.0904. The molecule has 0 unspecified atom stereocenters. The quantitative estimate of drug-likeness (QED) is 0.277. The van der Waals surface area contributed by atoms with Crippen LogP contribution in [0.15, 0.2) is 59.6 Å². The molecule has 0 amide bonds. The van der Waals surface area contributed by atoms with E-state index in [9.17, 15) is 18.0 Å². The summed E-state index contributed by atoms with van der Waals surface area (Å²) in [5.74, 6) is -0.108. The summed E-state index contributed by atoms with van der Waals surface area (Å²) in [6.45, 7) is 3.96. The Morgan fingerprint density at radius 1 is 1.18 bits per heavy atom. The number of aliphatic carboxylic acids is 1. The van der Waals surface area contributed by atoms with Gasteiger partial charge in [-0.3, -0.25) is 4.79 Å². The number of thioether (sulfide) groups is 1. The molecule has 0 saturated carbocycles. The zero-order chi connectivity index (χ0) is 23.8. The molecule has 0 atom stereocenters. The number of alkyl halides is 3. The number of hydrogen-bond acceptors (Lipinski definition) is 4. The van der Waals surface area contributed by atoms with Crippen molar-refractivity contribution in [2.24, 2.45) is 0 Å². The molecule has 4 rings (SSSR count). The fraction of sp³-hybridized carbons (Fsp3) is 0.250. The van der Waals surface area contributed by atoms with Crippen molar-refractivity contribution < 1.29 is 23.1 Å². The minimum Gasteiger partial charge on any atom is -0.480 e. The third-order valence-corrected chi connectivity index (χ3v) is 7.45. The van der Waals surface area contributed by atoms with E-state index in [1.165, 1.54) is 17.4 Å². The van der Waals surface area contributed by atoms with Crippen molar-refractivity contribution in [3.05, 3.63) is 70.9 Å². The van der Waals surface area contributed by atoms with E-state index in [0.717, 1.165) is 38.5 Å². The number of carbonyl (C=O) groups is 1. The summed E-state index contributed by atoms with van der Waals surface area (Å²) < 4.78 is 41.1. The molecular weight excluding hydrogens is 469 g/mol. The van der Waals surface area contributed by atoms with Crippen molar-refractivity contribution in [2.45, 2.75) is 43.1 Å². The highest BCUT2D eigenvalue weighted by Crippen LogP contribution is 2.38. The molecule has 0 saturated heterocycles. The summed E-state index contributed by atoms with van der Waals surface area (Å²) in [5, 5.41) is 10.6. The third-order valence-electron chi connectivity index (χ3n) is 5.13. The van der Waals surface area contributed by atoms with Gasteiger partial charge in [-0.2, -0.15) is 13.2 Å². The Bertz CT molecular complexity index is 1310. The van der Waals surface area contributed by atoms with Gasteiger partial charge < -0.3 is 9.67 Å². The van der Waals surface area contributed by atoms with Crippen molar-refractivity contribution in [3.8, 4) is 10.6 Å². The van der Waals surface area contributed by atoms with Crippen LogP contribution in [0.25, 0.3) is 21.5 Å². The molecule has 2 aromatic heterocycles. The maximum Gasteiger partial charge on any atom is 0.416 e. The lowest BCUT2D eigenvalue weighted by molar-refractivity contribution is -0.138. The highest BCUT2D eigenvalue weighted by molar-refractivity contribution is 7.98. The first kappa shape index (κ1) is 23.4. The highest BCUT2D eigenvalue weighted by atomic mass is 32.2. The van der Waals surface area contributed by atoms with Crippen LogP contribution in [0.3, 0.4) is 0 Å². The molecule has 0 radical (unpaired) electrons. The van der Waals surface area contributed by atoms with Crippen molar-refractivity contribution in [2.75, 3.05) is 0 Å². The molecule has 4 aromatic rings. The Hall–Kier alpha value is -2.78. The lowest BCUT2D eigenvalue weighted by Gasteiger charge is -2.07. The third kappa shape index (κ3) is 5.25. The fourth-order valence-electron chi connectivity index (χ4n) is 3.57. The van der Waals surface area contributed by atoms with Crippen LogP contribution < -0.4 is 0 Å². The second kappa shape index (κ2) is 9.23. The molecule has 0 aliphatic heterocycles. The van der Waals surface area contributed by atoms with Gasteiger partial charge in [0.25, 0.3) is 0 Å². The van der Waals surface area contributed by atoms with Crippen molar-refractivity contribution >= 4 is 40.0 Å². The van der Waals surface area contributed by atoms with E-state index in [1.807, 2.05) is 38.1 Å². The van der Waals surface area contributed by atoms with Gasteiger partial charge in [0.2, 0.25) is 0 Å². The highest BCUT2D eigenvalue weighted by Gasteiger charge is 2.30. The van der Waals surface area contributed by atoms with Gasteiger partial charge in [0.15, 0.2) is 0 Å². The number of carboxylic acids is 1. The number of carboxylic acid groups (broad SMARTS) is 1. The van der Waals surface area contributed by atoms with Gasteiger partial charge in [0.1, 0.15) is 11.6 Å². The summed E-state index contributed by atoms with van der Waals surface area (Å²) in [7, 11) is 0. The van der Waals surface area contributed by atoms with Crippen LogP contribution >= 0.6 is 23.1 Å². The molecule has 1 N–H and O–H groups in total. The van der Waals surface area contributed by atoms with Crippen molar-refractivity contribution in [1.29, 1.82) is 0 Å².